The van der Waals surface area contributed by atoms with Gasteiger partial charge >= 0.3 is 5.97 Å². The molecule has 18 heavy (non-hydrogen) atoms. The summed E-state index contributed by atoms with van der Waals surface area (Å²) < 4.78 is 9.47. The monoisotopic (exact) mass is 248 g/mol. The molecule has 7 heteroatoms. The normalized spacial score (nSPS) is 8.78. The highest BCUT2D eigenvalue weighted by molar-refractivity contribution is 5.93. The molecule has 0 aromatic heterocycles. The van der Waals surface area contributed by atoms with E-state index in [4.69, 9.17) is 4.74 Å². The van der Waals surface area contributed by atoms with Crippen LogP contribution in [0.4, 0.5) is 11.4 Å². The minimum Gasteiger partial charge on any atom is -0.492 e. The molecule has 0 atom stereocenters. The molecule has 0 saturated carbocycles. The van der Waals surface area contributed by atoms with E-state index in [0.717, 1.165) is 0 Å². The van der Waals surface area contributed by atoms with E-state index >= 15 is 0 Å². The topological polar surface area (TPSA) is 94.4 Å². The molecule has 0 saturated heterocycles. The highest BCUT2D eigenvalue weighted by Gasteiger charge is 2.15. The fraction of sp³-hybridized carbons (Fsp3) is 0.182. The van der Waals surface area contributed by atoms with Crippen molar-refractivity contribution in [2.75, 3.05) is 14.2 Å². The lowest BCUT2D eigenvalue weighted by atomic mass is 10.1. The van der Waals surface area contributed by atoms with Gasteiger partial charge in [-0.3, -0.25) is 0 Å². The van der Waals surface area contributed by atoms with Crippen LogP contribution in [-0.2, 0) is 14.3 Å². The highest BCUT2D eigenvalue weighted by Crippen LogP contribution is 2.38. The molecular formula is C11H8N2O5. The number of methoxy groups -OCH3 is 2. The van der Waals surface area contributed by atoms with Crippen molar-refractivity contribution in [2.24, 2.45) is 9.98 Å². The minimum absolute atomic E-state index is 0.0180. The molecular weight excluding hydrogens is 240 g/mol. The minimum atomic E-state index is -0.664. The number of nitrogens with zero attached hydrogens (tertiary/aromatic N) is 2. The van der Waals surface area contributed by atoms with Crippen LogP contribution in [0, 0.1) is 0 Å². The Kier molecular flexibility index (Phi) is 4.51. The zero-order valence-corrected chi connectivity index (χ0v) is 9.59. The van der Waals surface area contributed by atoms with E-state index < -0.39 is 5.97 Å². The van der Waals surface area contributed by atoms with E-state index in [0.29, 0.717) is 0 Å². The third-order valence-corrected chi connectivity index (χ3v) is 2.01. The predicted octanol–water partition coefficient (Wildman–Crippen LogP) is 1.42. The average Bonchev–Trinajstić information content (AvgIpc) is 2.38. The first kappa shape index (κ1) is 13.3. The van der Waals surface area contributed by atoms with Gasteiger partial charge in [-0.2, -0.15) is 9.98 Å². The molecule has 0 fully saturated rings. The van der Waals surface area contributed by atoms with E-state index in [1.54, 1.807) is 0 Å². The van der Waals surface area contributed by atoms with E-state index in [9.17, 15) is 14.4 Å². The van der Waals surface area contributed by atoms with Crippen LogP contribution in [0.2, 0.25) is 0 Å². The molecule has 0 aliphatic carbocycles. The van der Waals surface area contributed by atoms with Gasteiger partial charge in [0, 0.05) is 0 Å². The Morgan fingerprint density at radius 1 is 1.11 bits per heavy atom. The molecule has 1 aromatic carbocycles. The number of ether oxygens (including phenoxy) is 2. The third kappa shape index (κ3) is 2.68. The van der Waals surface area contributed by atoms with Crippen molar-refractivity contribution >= 4 is 29.5 Å². The van der Waals surface area contributed by atoms with Crippen LogP contribution in [0.15, 0.2) is 22.1 Å². The van der Waals surface area contributed by atoms with Crippen LogP contribution in [-0.4, -0.2) is 32.3 Å². The van der Waals surface area contributed by atoms with Gasteiger partial charge in [-0.25, -0.2) is 14.4 Å². The quantitative estimate of drug-likeness (QED) is 0.456. The summed E-state index contributed by atoms with van der Waals surface area (Å²) in [5.74, 6) is -0.600. The maximum absolute atomic E-state index is 11.4. The van der Waals surface area contributed by atoms with Gasteiger partial charge in [-0.05, 0) is 12.1 Å². The van der Waals surface area contributed by atoms with Crippen molar-refractivity contribution in [3.05, 3.63) is 17.7 Å². The van der Waals surface area contributed by atoms with Crippen LogP contribution in [0.1, 0.15) is 10.4 Å². The van der Waals surface area contributed by atoms with Gasteiger partial charge in [0.2, 0.25) is 12.2 Å². The fourth-order valence-corrected chi connectivity index (χ4v) is 1.31. The first-order valence-corrected chi connectivity index (χ1v) is 4.64. The van der Waals surface area contributed by atoms with Gasteiger partial charge in [0.25, 0.3) is 0 Å². The smallest absolute Gasteiger partial charge is 0.338 e. The molecule has 0 unspecified atom stereocenters. The third-order valence-electron chi connectivity index (χ3n) is 2.01. The Hall–Kier alpha value is -2.75. The summed E-state index contributed by atoms with van der Waals surface area (Å²) in [4.78, 5) is 38.7. The van der Waals surface area contributed by atoms with Gasteiger partial charge in [-0.15, -0.1) is 0 Å². The predicted molar refractivity (Wildman–Crippen MR) is 59.9 cm³/mol. The van der Waals surface area contributed by atoms with Gasteiger partial charge in [-0.1, -0.05) is 0 Å². The molecule has 0 radical (unpaired) electrons. The van der Waals surface area contributed by atoms with E-state index in [2.05, 4.69) is 14.7 Å². The van der Waals surface area contributed by atoms with Crippen LogP contribution in [0.25, 0.3) is 0 Å². The first-order chi connectivity index (χ1) is 8.67. The summed E-state index contributed by atoms with van der Waals surface area (Å²) in [7, 11) is 2.50. The van der Waals surface area contributed by atoms with Gasteiger partial charge in [0.05, 0.1) is 19.8 Å². The molecule has 0 spiro atoms. The molecule has 0 bridgehead atoms. The Morgan fingerprint density at radius 2 is 1.61 bits per heavy atom. The molecule has 1 rings (SSSR count). The zero-order valence-electron chi connectivity index (χ0n) is 9.59. The second-order valence-corrected chi connectivity index (χ2v) is 2.95. The van der Waals surface area contributed by atoms with E-state index in [-0.39, 0.29) is 22.7 Å². The van der Waals surface area contributed by atoms with Crippen molar-refractivity contribution in [1.82, 2.24) is 0 Å². The number of isocyanates is 2. The summed E-state index contributed by atoms with van der Waals surface area (Å²) in [6.45, 7) is 0. The van der Waals surface area contributed by atoms with Gasteiger partial charge in [0.1, 0.15) is 11.4 Å². The summed E-state index contributed by atoms with van der Waals surface area (Å²) in [5.41, 5.74) is 0.107. The molecule has 0 N–H and O–H groups in total. The number of hydrogen-bond donors (Lipinski definition) is 0. The average molecular weight is 248 g/mol. The number of esters is 1. The molecule has 92 valence electrons. The lowest BCUT2D eigenvalue weighted by Crippen LogP contribution is -2.01. The molecule has 0 heterocycles. The van der Waals surface area contributed by atoms with Crippen molar-refractivity contribution in [3.8, 4) is 5.75 Å². The van der Waals surface area contributed by atoms with Crippen molar-refractivity contribution in [3.63, 3.8) is 0 Å². The van der Waals surface area contributed by atoms with Crippen LogP contribution in [0.5, 0.6) is 5.75 Å². The summed E-state index contributed by atoms with van der Waals surface area (Å²) in [6.07, 6.45) is 2.63. The molecule has 1 aromatic rings. The van der Waals surface area contributed by atoms with Crippen LogP contribution in [0.3, 0.4) is 0 Å². The largest absolute Gasteiger partial charge is 0.492 e. The second kappa shape index (κ2) is 6.10. The number of carbonyl (C=O) groups excluding carboxylic acids is 3. The summed E-state index contributed by atoms with van der Waals surface area (Å²) in [6, 6.07) is 2.53. The molecule has 0 aliphatic rings. The second-order valence-electron chi connectivity index (χ2n) is 2.95. The molecule has 7 nitrogen and oxygen atoms in total. The first-order valence-electron chi connectivity index (χ1n) is 4.64. The van der Waals surface area contributed by atoms with Gasteiger partial charge in [0.15, 0.2) is 5.75 Å². The number of hydrogen-bond acceptors (Lipinski definition) is 7. The lowest BCUT2D eigenvalue weighted by molar-refractivity contribution is 0.0600. The van der Waals surface area contributed by atoms with E-state index in [1.807, 2.05) is 0 Å². The van der Waals surface area contributed by atoms with Crippen LogP contribution >= 0.6 is 0 Å². The Labute approximate surface area is 102 Å². The Balaban J connectivity index is 3.57. The van der Waals surface area contributed by atoms with E-state index in [1.165, 1.54) is 38.5 Å². The van der Waals surface area contributed by atoms with Crippen molar-refractivity contribution < 1.29 is 23.9 Å². The molecule has 0 aliphatic heterocycles. The van der Waals surface area contributed by atoms with Crippen molar-refractivity contribution in [1.29, 1.82) is 0 Å². The fourth-order valence-electron chi connectivity index (χ4n) is 1.31. The maximum atomic E-state index is 11.4. The summed E-state index contributed by atoms with van der Waals surface area (Å²) in [5, 5.41) is 0. The molecule has 0 amide bonds. The maximum Gasteiger partial charge on any atom is 0.338 e. The standard InChI is InChI=1S/C11H8N2O5/c1-17-10-8(12-5-14)3-7(11(16)18-2)4-9(10)13-6-15/h3-4H,1-2H3. The number of rotatable bonds is 4. The van der Waals surface area contributed by atoms with Gasteiger partial charge < -0.3 is 9.47 Å². The van der Waals surface area contributed by atoms with Crippen molar-refractivity contribution in [2.45, 2.75) is 0 Å². The lowest BCUT2D eigenvalue weighted by Gasteiger charge is -2.08. The Morgan fingerprint density at radius 3 is 1.94 bits per heavy atom. The number of benzene rings is 1. The van der Waals surface area contributed by atoms with Crippen LogP contribution < -0.4 is 4.74 Å². The highest BCUT2D eigenvalue weighted by atomic mass is 16.5. The SMILES string of the molecule is COC(=O)c1cc(N=C=O)c(OC)c(N=C=O)c1. The Bertz CT molecular complexity index is 530. The zero-order chi connectivity index (χ0) is 13.5. The number of carbonyl (C=O) groups is 1. The number of aliphatic imine (C=N–C) groups is 2. The summed E-state index contributed by atoms with van der Waals surface area (Å²) >= 11 is 0.